The Balaban J connectivity index is 1.86. The molecule has 0 saturated heterocycles. The molecule has 2 aromatic rings. The monoisotopic (exact) mass is 296 g/mol. The third kappa shape index (κ3) is 2.89. The smallest absolute Gasteiger partial charge is 0.145 e. The number of ether oxygens (including phenoxy) is 1. The number of para-hydroxylation sites is 1. The van der Waals surface area contributed by atoms with Gasteiger partial charge in [0.25, 0.3) is 0 Å². The average molecular weight is 296 g/mol. The van der Waals surface area contributed by atoms with E-state index in [0.717, 1.165) is 30.2 Å². The lowest BCUT2D eigenvalue weighted by atomic mass is 10.0. The Bertz CT molecular complexity index is 649. The van der Waals surface area contributed by atoms with Crippen LogP contribution in [-0.2, 0) is 6.54 Å². The topological polar surface area (TPSA) is 38.5 Å². The van der Waals surface area contributed by atoms with Crippen LogP contribution in [0.25, 0.3) is 0 Å². The van der Waals surface area contributed by atoms with Gasteiger partial charge in [-0.2, -0.15) is 0 Å². The van der Waals surface area contributed by atoms with Crippen LogP contribution in [0.1, 0.15) is 37.8 Å². The molecule has 3 heteroatoms. The van der Waals surface area contributed by atoms with Gasteiger partial charge in [0.05, 0.1) is 12.2 Å². The molecule has 1 unspecified atom stereocenters. The molecule has 0 fully saturated rings. The lowest BCUT2D eigenvalue weighted by molar-refractivity contribution is 0.212. The van der Waals surface area contributed by atoms with E-state index < -0.39 is 0 Å². The van der Waals surface area contributed by atoms with E-state index in [0.29, 0.717) is 5.92 Å². The van der Waals surface area contributed by atoms with E-state index in [1.165, 1.54) is 11.1 Å². The zero-order valence-corrected chi connectivity index (χ0v) is 13.5. The first kappa shape index (κ1) is 14.8. The van der Waals surface area contributed by atoms with Crippen LogP contribution in [0.3, 0.4) is 0 Å². The van der Waals surface area contributed by atoms with Crippen molar-refractivity contribution < 1.29 is 4.74 Å². The maximum absolute atomic E-state index is 6.17. The van der Waals surface area contributed by atoms with Gasteiger partial charge in [0.1, 0.15) is 17.5 Å². The van der Waals surface area contributed by atoms with Crippen molar-refractivity contribution in [2.75, 3.05) is 17.2 Å². The average Bonchev–Trinajstić information content (AvgIpc) is 2.47. The second kappa shape index (κ2) is 5.91. The van der Waals surface area contributed by atoms with Crippen molar-refractivity contribution in [1.29, 1.82) is 0 Å². The standard InChI is InChI=1S/C19H24N2O/c1-13(2)16-9-7-15(8-10-16)12-21-11-14(3)22-18-6-4-5-17(20)19(18)21/h4-10,13-14H,11-12,20H2,1-3H3. The molecular formula is C19H24N2O. The summed E-state index contributed by atoms with van der Waals surface area (Å²) in [5, 5.41) is 0. The molecule has 0 bridgehead atoms. The highest BCUT2D eigenvalue weighted by Gasteiger charge is 2.24. The lowest BCUT2D eigenvalue weighted by Gasteiger charge is -2.36. The molecule has 2 aromatic carbocycles. The number of nitrogens with zero attached hydrogens (tertiary/aromatic N) is 1. The zero-order chi connectivity index (χ0) is 15.7. The summed E-state index contributed by atoms with van der Waals surface area (Å²) in [7, 11) is 0. The Kier molecular flexibility index (Phi) is 3.97. The second-order valence-corrected chi connectivity index (χ2v) is 6.40. The number of benzene rings is 2. The minimum Gasteiger partial charge on any atom is -0.487 e. The first-order chi connectivity index (χ1) is 10.5. The highest BCUT2D eigenvalue weighted by Crippen LogP contribution is 2.39. The summed E-state index contributed by atoms with van der Waals surface area (Å²) < 4.78 is 5.91. The molecule has 22 heavy (non-hydrogen) atoms. The first-order valence-electron chi connectivity index (χ1n) is 7.93. The fourth-order valence-electron chi connectivity index (χ4n) is 3.00. The van der Waals surface area contributed by atoms with E-state index in [9.17, 15) is 0 Å². The van der Waals surface area contributed by atoms with Gasteiger partial charge >= 0.3 is 0 Å². The molecule has 0 aromatic heterocycles. The number of anilines is 2. The van der Waals surface area contributed by atoms with Crippen LogP contribution in [0.15, 0.2) is 42.5 Å². The molecule has 3 nitrogen and oxygen atoms in total. The minimum absolute atomic E-state index is 0.171. The summed E-state index contributed by atoms with van der Waals surface area (Å²) in [5.74, 6) is 1.45. The normalized spacial score (nSPS) is 17.3. The number of hydrogen-bond acceptors (Lipinski definition) is 3. The Morgan fingerprint density at radius 2 is 1.91 bits per heavy atom. The predicted molar refractivity (Wildman–Crippen MR) is 92.5 cm³/mol. The van der Waals surface area contributed by atoms with Gasteiger partial charge in [0.2, 0.25) is 0 Å². The third-order valence-corrected chi connectivity index (χ3v) is 4.17. The lowest BCUT2D eigenvalue weighted by Crippen LogP contribution is -2.38. The molecule has 0 saturated carbocycles. The van der Waals surface area contributed by atoms with Gasteiger partial charge in [0.15, 0.2) is 0 Å². The van der Waals surface area contributed by atoms with Crippen molar-refractivity contribution in [2.24, 2.45) is 0 Å². The first-order valence-corrected chi connectivity index (χ1v) is 7.93. The van der Waals surface area contributed by atoms with Crippen LogP contribution in [0, 0.1) is 0 Å². The Labute approximate surface area is 132 Å². The van der Waals surface area contributed by atoms with Gasteiger partial charge in [-0.05, 0) is 36.1 Å². The maximum atomic E-state index is 6.17. The molecule has 2 N–H and O–H groups in total. The summed E-state index contributed by atoms with van der Waals surface area (Å²) in [5.41, 5.74) is 10.6. The van der Waals surface area contributed by atoms with Gasteiger partial charge < -0.3 is 15.4 Å². The molecule has 1 aliphatic rings. The Morgan fingerprint density at radius 1 is 1.18 bits per heavy atom. The molecular weight excluding hydrogens is 272 g/mol. The highest BCUT2D eigenvalue weighted by molar-refractivity contribution is 5.75. The molecule has 0 radical (unpaired) electrons. The molecule has 3 rings (SSSR count). The van der Waals surface area contributed by atoms with E-state index in [-0.39, 0.29) is 6.10 Å². The second-order valence-electron chi connectivity index (χ2n) is 6.40. The van der Waals surface area contributed by atoms with Crippen molar-refractivity contribution in [1.82, 2.24) is 0 Å². The number of hydrogen-bond donors (Lipinski definition) is 1. The number of nitrogen functional groups attached to an aromatic ring is 1. The van der Waals surface area contributed by atoms with E-state index >= 15 is 0 Å². The number of rotatable bonds is 3. The number of nitrogens with two attached hydrogens (primary N) is 1. The SMILES string of the molecule is CC1CN(Cc2ccc(C(C)C)cc2)c2c(N)cccc2O1. The highest BCUT2D eigenvalue weighted by atomic mass is 16.5. The summed E-state index contributed by atoms with van der Waals surface area (Å²) >= 11 is 0. The van der Waals surface area contributed by atoms with Crippen LogP contribution >= 0.6 is 0 Å². The minimum atomic E-state index is 0.171. The largest absolute Gasteiger partial charge is 0.487 e. The van der Waals surface area contributed by atoms with Gasteiger partial charge in [-0.1, -0.05) is 44.2 Å². The molecule has 0 aliphatic carbocycles. The fraction of sp³-hybridized carbons (Fsp3) is 0.368. The maximum Gasteiger partial charge on any atom is 0.145 e. The van der Waals surface area contributed by atoms with Crippen LogP contribution in [0.5, 0.6) is 5.75 Å². The van der Waals surface area contributed by atoms with Crippen LogP contribution < -0.4 is 15.4 Å². The van der Waals surface area contributed by atoms with E-state index in [4.69, 9.17) is 10.5 Å². The number of fused-ring (bicyclic) bond motifs is 1. The fourth-order valence-corrected chi connectivity index (χ4v) is 3.00. The van der Waals surface area contributed by atoms with Crippen molar-refractivity contribution in [2.45, 2.75) is 39.3 Å². The summed E-state index contributed by atoms with van der Waals surface area (Å²) in [6, 6.07) is 14.8. The third-order valence-electron chi connectivity index (χ3n) is 4.17. The predicted octanol–water partition coefficient (Wildman–Crippen LogP) is 4.18. The van der Waals surface area contributed by atoms with E-state index in [1.54, 1.807) is 0 Å². The van der Waals surface area contributed by atoms with E-state index in [2.05, 4.69) is 49.9 Å². The van der Waals surface area contributed by atoms with Gasteiger partial charge in [-0.25, -0.2) is 0 Å². The molecule has 0 amide bonds. The molecule has 1 aliphatic heterocycles. The molecule has 1 heterocycles. The van der Waals surface area contributed by atoms with Crippen molar-refractivity contribution in [3.8, 4) is 5.75 Å². The Hall–Kier alpha value is -2.16. The van der Waals surface area contributed by atoms with Crippen molar-refractivity contribution in [3.63, 3.8) is 0 Å². The van der Waals surface area contributed by atoms with Crippen LogP contribution in [0.4, 0.5) is 11.4 Å². The molecule has 0 spiro atoms. The Morgan fingerprint density at radius 3 is 2.59 bits per heavy atom. The van der Waals surface area contributed by atoms with Crippen molar-refractivity contribution in [3.05, 3.63) is 53.6 Å². The van der Waals surface area contributed by atoms with Gasteiger partial charge in [-0.15, -0.1) is 0 Å². The van der Waals surface area contributed by atoms with Crippen molar-refractivity contribution >= 4 is 11.4 Å². The van der Waals surface area contributed by atoms with E-state index in [1.807, 2.05) is 18.2 Å². The quantitative estimate of drug-likeness (QED) is 0.864. The summed E-state index contributed by atoms with van der Waals surface area (Å²) in [6.07, 6.45) is 0.171. The van der Waals surface area contributed by atoms with Crippen LogP contribution in [0.2, 0.25) is 0 Å². The summed E-state index contributed by atoms with van der Waals surface area (Å²) in [4.78, 5) is 2.32. The molecule has 116 valence electrons. The summed E-state index contributed by atoms with van der Waals surface area (Å²) in [6.45, 7) is 8.24. The van der Waals surface area contributed by atoms with Gasteiger partial charge in [-0.3, -0.25) is 0 Å². The van der Waals surface area contributed by atoms with Crippen LogP contribution in [-0.4, -0.2) is 12.6 Å². The zero-order valence-electron chi connectivity index (χ0n) is 13.5. The molecule has 1 atom stereocenters. The van der Waals surface area contributed by atoms with Gasteiger partial charge in [0, 0.05) is 6.54 Å².